The van der Waals surface area contributed by atoms with Crippen LogP contribution in [0.3, 0.4) is 0 Å². The van der Waals surface area contributed by atoms with Crippen molar-refractivity contribution in [2.45, 2.75) is 20.0 Å². The summed E-state index contributed by atoms with van der Waals surface area (Å²) in [5.41, 5.74) is 0.854. The zero-order valence-electron chi connectivity index (χ0n) is 14.4. The highest BCUT2D eigenvalue weighted by molar-refractivity contribution is 6.30. The van der Waals surface area contributed by atoms with Crippen molar-refractivity contribution in [3.63, 3.8) is 0 Å². The van der Waals surface area contributed by atoms with E-state index in [9.17, 15) is 0 Å². The van der Waals surface area contributed by atoms with Crippen molar-refractivity contribution >= 4 is 11.6 Å². The van der Waals surface area contributed by atoms with Gasteiger partial charge in [0.1, 0.15) is 0 Å². The van der Waals surface area contributed by atoms with Gasteiger partial charge in [-0.05, 0) is 12.1 Å². The lowest BCUT2D eigenvalue weighted by Crippen LogP contribution is -2.45. The van der Waals surface area contributed by atoms with Gasteiger partial charge in [-0.3, -0.25) is 9.80 Å². The number of piperazine rings is 1. The minimum Gasteiger partial charge on any atom is -0.340 e. The van der Waals surface area contributed by atoms with Crippen LogP contribution in [0.5, 0.6) is 0 Å². The lowest BCUT2D eigenvalue weighted by atomic mass is 10.2. The molecule has 0 amide bonds. The Hall–Kier alpha value is -2.29. The Morgan fingerprint density at radius 1 is 1.00 bits per heavy atom. The molecule has 1 aromatic carbocycles. The quantitative estimate of drug-likeness (QED) is 0.673. The highest BCUT2D eigenvalue weighted by Gasteiger charge is 2.20. The van der Waals surface area contributed by atoms with E-state index in [2.05, 4.69) is 30.1 Å². The average molecular weight is 375 g/mol. The van der Waals surface area contributed by atoms with E-state index in [1.165, 1.54) is 0 Å². The second-order valence-electron chi connectivity index (χ2n) is 6.30. The Labute approximate surface area is 155 Å². The van der Waals surface area contributed by atoms with Gasteiger partial charge in [-0.1, -0.05) is 34.0 Å². The Balaban J connectivity index is 1.30. The molecule has 0 spiro atoms. The van der Waals surface area contributed by atoms with Gasteiger partial charge < -0.3 is 9.05 Å². The van der Waals surface area contributed by atoms with Crippen LogP contribution in [-0.2, 0) is 13.1 Å². The molecule has 9 heteroatoms. The van der Waals surface area contributed by atoms with Crippen LogP contribution in [0, 0.1) is 6.92 Å². The van der Waals surface area contributed by atoms with Gasteiger partial charge in [-0.2, -0.15) is 9.97 Å². The molecule has 4 rings (SSSR count). The van der Waals surface area contributed by atoms with Crippen LogP contribution in [0.15, 0.2) is 33.3 Å². The predicted octanol–water partition coefficient (Wildman–Crippen LogP) is 2.40. The molecule has 1 fully saturated rings. The first kappa shape index (κ1) is 17.1. The van der Waals surface area contributed by atoms with E-state index in [4.69, 9.17) is 20.6 Å². The fraction of sp³-hybridized carbons (Fsp3) is 0.412. The average Bonchev–Trinajstić information content (AvgIpc) is 3.26. The molecule has 0 saturated carbocycles. The maximum atomic E-state index is 6.02. The van der Waals surface area contributed by atoms with Gasteiger partial charge in [0.05, 0.1) is 13.1 Å². The van der Waals surface area contributed by atoms with Crippen molar-refractivity contribution in [1.82, 2.24) is 30.1 Å². The van der Waals surface area contributed by atoms with E-state index < -0.39 is 0 Å². The molecule has 1 aliphatic heterocycles. The first-order valence-corrected chi connectivity index (χ1v) is 8.86. The van der Waals surface area contributed by atoms with E-state index in [0.29, 0.717) is 35.7 Å². The molecule has 3 heterocycles. The zero-order valence-corrected chi connectivity index (χ0v) is 15.2. The molecule has 136 valence electrons. The molecule has 0 atom stereocenters. The maximum Gasteiger partial charge on any atom is 0.241 e. The van der Waals surface area contributed by atoms with Gasteiger partial charge in [-0.15, -0.1) is 0 Å². The standard InChI is InChI=1S/C17H19ClN6O2/c1-12-19-15(21-25-12)10-23-5-7-24(8-6-23)11-16-20-17(22-26-16)13-3-2-4-14(18)9-13/h2-4,9H,5-8,10-11H2,1H3. The summed E-state index contributed by atoms with van der Waals surface area (Å²) in [5, 5.41) is 8.66. The largest absolute Gasteiger partial charge is 0.340 e. The molecule has 0 bridgehead atoms. The summed E-state index contributed by atoms with van der Waals surface area (Å²) >= 11 is 6.02. The van der Waals surface area contributed by atoms with Gasteiger partial charge in [0.25, 0.3) is 0 Å². The SMILES string of the molecule is Cc1nc(CN2CCN(Cc3nc(-c4cccc(Cl)c4)no3)CC2)no1. The van der Waals surface area contributed by atoms with Gasteiger partial charge in [0.2, 0.25) is 17.6 Å². The second kappa shape index (κ2) is 7.53. The maximum absolute atomic E-state index is 6.02. The van der Waals surface area contributed by atoms with Crippen molar-refractivity contribution < 1.29 is 9.05 Å². The Kier molecular flexibility index (Phi) is 4.96. The molecule has 0 aliphatic carbocycles. The van der Waals surface area contributed by atoms with Crippen LogP contribution < -0.4 is 0 Å². The third-order valence-electron chi connectivity index (χ3n) is 4.31. The van der Waals surface area contributed by atoms with Crippen molar-refractivity contribution in [2.75, 3.05) is 26.2 Å². The normalized spacial score (nSPS) is 16.2. The first-order valence-electron chi connectivity index (χ1n) is 8.48. The van der Waals surface area contributed by atoms with Gasteiger partial charge >= 0.3 is 0 Å². The predicted molar refractivity (Wildman–Crippen MR) is 94.3 cm³/mol. The Morgan fingerprint density at radius 3 is 2.46 bits per heavy atom. The number of hydrogen-bond acceptors (Lipinski definition) is 8. The smallest absolute Gasteiger partial charge is 0.241 e. The Morgan fingerprint density at radius 2 is 1.77 bits per heavy atom. The first-order chi connectivity index (χ1) is 12.7. The monoisotopic (exact) mass is 374 g/mol. The minimum absolute atomic E-state index is 0.564. The zero-order chi connectivity index (χ0) is 17.9. The number of rotatable bonds is 5. The molecule has 2 aromatic heterocycles. The van der Waals surface area contributed by atoms with Crippen molar-refractivity contribution in [2.24, 2.45) is 0 Å². The molecule has 1 aliphatic rings. The lowest BCUT2D eigenvalue weighted by Gasteiger charge is -2.33. The number of hydrogen-bond donors (Lipinski definition) is 0. The second-order valence-corrected chi connectivity index (χ2v) is 6.74. The summed E-state index contributed by atoms with van der Waals surface area (Å²) in [6, 6.07) is 7.44. The summed E-state index contributed by atoms with van der Waals surface area (Å²) in [7, 11) is 0. The molecule has 0 unspecified atom stereocenters. The number of benzene rings is 1. The highest BCUT2D eigenvalue weighted by Crippen LogP contribution is 2.20. The van der Waals surface area contributed by atoms with E-state index >= 15 is 0 Å². The summed E-state index contributed by atoms with van der Waals surface area (Å²) in [6.07, 6.45) is 0. The number of aromatic nitrogens is 4. The van der Waals surface area contributed by atoms with Crippen LogP contribution >= 0.6 is 11.6 Å². The third-order valence-corrected chi connectivity index (χ3v) is 4.54. The fourth-order valence-electron chi connectivity index (χ4n) is 2.97. The van der Waals surface area contributed by atoms with Crippen LogP contribution in [0.4, 0.5) is 0 Å². The molecule has 1 saturated heterocycles. The number of aryl methyl sites for hydroxylation is 1. The van der Waals surface area contributed by atoms with Gasteiger partial charge in [0.15, 0.2) is 5.82 Å². The van der Waals surface area contributed by atoms with Crippen molar-refractivity contribution in [3.8, 4) is 11.4 Å². The van der Waals surface area contributed by atoms with Crippen molar-refractivity contribution in [3.05, 3.63) is 46.9 Å². The van der Waals surface area contributed by atoms with E-state index in [1.807, 2.05) is 24.3 Å². The van der Waals surface area contributed by atoms with Crippen molar-refractivity contribution in [1.29, 1.82) is 0 Å². The summed E-state index contributed by atoms with van der Waals surface area (Å²) in [4.78, 5) is 13.3. The topological polar surface area (TPSA) is 84.3 Å². The molecule has 3 aromatic rings. The third kappa shape index (κ3) is 4.09. The van der Waals surface area contributed by atoms with Crippen LogP contribution in [0.2, 0.25) is 5.02 Å². The minimum atomic E-state index is 0.564. The summed E-state index contributed by atoms with van der Waals surface area (Å²) in [5.74, 6) is 2.51. The molecular formula is C17H19ClN6O2. The van der Waals surface area contributed by atoms with E-state index in [-0.39, 0.29) is 0 Å². The van der Waals surface area contributed by atoms with Crippen LogP contribution in [-0.4, -0.2) is 56.3 Å². The fourth-order valence-corrected chi connectivity index (χ4v) is 3.16. The molecule has 0 N–H and O–H groups in total. The van der Waals surface area contributed by atoms with Gasteiger partial charge in [-0.25, -0.2) is 0 Å². The van der Waals surface area contributed by atoms with Crippen LogP contribution in [0.25, 0.3) is 11.4 Å². The summed E-state index contributed by atoms with van der Waals surface area (Å²) in [6.45, 7) is 6.87. The Bertz CT molecular complexity index is 872. The molecule has 26 heavy (non-hydrogen) atoms. The summed E-state index contributed by atoms with van der Waals surface area (Å²) < 4.78 is 10.4. The molecule has 0 radical (unpaired) electrons. The molecular weight excluding hydrogens is 356 g/mol. The van der Waals surface area contributed by atoms with E-state index in [1.54, 1.807) is 6.92 Å². The number of halogens is 1. The molecule has 8 nitrogen and oxygen atoms in total. The lowest BCUT2D eigenvalue weighted by molar-refractivity contribution is 0.109. The van der Waals surface area contributed by atoms with E-state index in [0.717, 1.165) is 37.6 Å². The van der Waals surface area contributed by atoms with Gasteiger partial charge in [0, 0.05) is 43.7 Å². The highest BCUT2D eigenvalue weighted by atomic mass is 35.5. The number of nitrogens with zero attached hydrogens (tertiary/aromatic N) is 6. The van der Waals surface area contributed by atoms with Crippen LogP contribution in [0.1, 0.15) is 17.6 Å².